The first-order valence-electron chi connectivity index (χ1n) is 6.62. The quantitative estimate of drug-likeness (QED) is 0.840. The van der Waals surface area contributed by atoms with Crippen LogP contribution in [0.15, 0.2) is 18.2 Å². The number of rotatable bonds is 6. The molecule has 1 aliphatic heterocycles. The molecule has 4 heteroatoms. The average Bonchev–Trinajstić information content (AvgIpc) is 2.85. The number of nitrogens with two attached hydrogens (primary N) is 1. The summed E-state index contributed by atoms with van der Waals surface area (Å²) < 4.78 is 10.7. The van der Waals surface area contributed by atoms with E-state index in [0.29, 0.717) is 6.79 Å². The molecule has 2 rings (SSSR count). The number of likely N-dealkylation sites (N-methyl/N-ethyl adjacent to an activating group) is 1. The highest BCUT2D eigenvalue weighted by molar-refractivity contribution is 5.45. The lowest BCUT2D eigenvalue weighted by Gasteiger charge is -2.24. The number of hydrogen-bond donors (Lipinski definition) is 1. The second kappa shape index (κ2) is 6.07. The molecule has 0 radical (unpaired) electrons. The minimum absolute atomic E-state index is 0.0194. The van der Waals surface area contributed by atoms with Crippen LogP contribution in [0, 0.1) is 0 Å². The van der Waals surface area contributed by atoms with Crippen LogP contribution in [0.3, 0.4) is 0 Å². The summed E-state index contributed by atoms with van der Waals surface area (Å²) in [6.45, 7) is 7.67. The maximum Gasteiger partial charge on any atom is 0.231 e. The van der Waals surface area contributed by atoms with Crippen LogP contribution in [-0.4, -0.2) is 31.3 Å². The molecule has 0 saturated carbocycles. The Labute approximate surface area is 109 Å². The van der Waals surface area contributed by atoms with E-state index in [2.05, 4.69) is 18.7 Å². The molecule has 2 N–H and O–H groups in total. The van der Waals surface area contributed by atoms with E-state index in [9.17, 15) is 0 Å². The maximum atomic E-state index is 6.26. The van der Waals surface area contributed by atoms with Crippen LogP contribution < -0.4 is 15.2 Å². The third-order valence-corrected chi connectivity index (χ3v) is 3.27. The van der Waals surface area contributed by atoms with E-state index in [-0.39, 0.29) is 6.04 Å². The van der Waals surface area contributed by atoms with E-state index < -0.39 is 0 Å². The Morgan fingerprint density at radius 2 is 2.06 bits per heavy atom. The average molecular weight is 250 g/mol. The lowest BCUT2D eigenvalue weighted by atomic mass is 10.1. The molecular weight excluding hydrogens is 228 g/mol. The largest absolute Gasteiger partial charge is 0.454 e. The SMILES string of the molecule is CCCN(CC)CC(N)c1ccc2c(c1)OCO2. The predicted molar refractivity (Wildman–Crippen MR) is 71.9 cm³/mol. The Kier molecular flexibility index (Phi) is 4.44. The fraction of sp³-hybridized carbons (Fsp3) is 0.571. The van der Waals surface area contributed by atoms with Gasteiger partial charge in [-0.05, 0) is 37.2 Å². The van der Waals surface area contributed by atoms with E-state index in [0.717, 1.165) is 43.1 Å². The molecule has 1 unspecified atom stereocenters. The summed E-state index contributed by atoms with van der Waals surface area (Å²) in [6, 6.07) is 5.98. The van der Waals surface area contributed by atoms with Crippen LogP contribution >= 0.6 is 0 Å². The molecule has 1 aromatic rings. The number of hydrogen-bond acceptors (Lipinski definition) is 4. The molecule has 1 aromatic carbocycles. The standard InChI is InChI=1S/C14H22N2O2/c1-3-7-16(4-2)9-12(15)11-5-6-13-14(8-11)18-10-17-13/h5-6,8,12H,3-4,7,9-10,15H2,1-2H3. The Hall–Kier alpha value is -1.26. The van der Waals surface area contributed by atoms with Crippen LogP contribution in [0.2, 0.25) is 0 Å². The fourth-order valence-electron chi connectivity index (χ4n) is 2.22. The van der Waals surface area contributed by atoms with Gasteiger partial charge in [-0.15, -0.1) is 0 Å². The van der Waals surface area contributed by atoms with Gasteiger partial charge >= 0.3 is 0 Å². The normalized spacial score (nSPS) is 15.1. The molecule has 1 aliphatic rings. The van der Waals surface area contributed by atoms with E-state index in [1.54, 1.807) is 0 Å². The molecule has 0 bridgehead atoms. The van der Waals surface area contributed by atoms with Crippen molar-refractivity contribution < 1.29 is 9.47 Å². The van der Waals surface area contributed by atoms with Gasteiger partial charge in [0, 0.05) is 12.6 Å². The van der Waals surface area contributed by atoms with Crippen LogP contribution in [-0.2, 0) is 0 Å². The van der Waals surface area contributed by atoms with Crippen molar-refractivity contribution in [2.24, 2.45) is 5.73 Å². The number of ether oxygens (including phenoxy) is 2. The summed E-state index contributed by atoms with van der Waals surface area (Å²) in [5, 5.41) is 0. The van der Waals surface area contributed by atoms with E-state index in [4.69, 9.17) is 15.2 Å². The van der Waals surface area contributed by atoms with E-state index >= 15 is 0 Å². The van der Waals surface area contributed by atoms with Gasteiger partial charge in [0.05, 0.1) is 0 Å². The van der Waals surface area contributed by atoms with E-state index in [1.165, 1.54) is 0 Å². The second-order valence-electron chi connectivity index (χ2n) is 4.61. The van der Waals surface area contributed by atoms with Crippen LogP contribution in [0.1, 0.15) is 31.9 Å². The molecule has 0 aromatic heterocycles. The smallest absolute Gasteiger partial charge is 0.231 e. The van der Waals surface area contributed by atoms with Crippen molar-refractivity contribution in [1.82, 2.24) is 4.90 Å². The lowest BCUT2D eigenvalue weighted by molar-refractivity contribution is 0.174. The van der Waals surface area contributed by atoms with Crippen LogP contribution in [0.4, 0.5) is 0 Å². The van der Waals surface area contributed by atoms with Gasteiger partial charge in [-0.25, -0.2) is 0 Å². The third kappa shape index (κ3) is 2.94. The number of nitrogens with zero attached hydrogens (tertiary/aromatic N) is 1. The van der Waals surface area contributed by atoms with Crippen LogP contribution in [0.5, 0.6) is 11.5 Å². The van der Waals surface area contributed by atoms with Crippen LogP contribution in [0.25, 0.3) is 0 Å². The monoisotopic (exact) mass is 250 g/mol. The Morgan fingerprint density at radius 3 is 2.78 bits per heavy atom. The molecule has 0 fully saturated rings. The Morgan fingerprint density at radius 1 is 1.28 bits per heavy atom. The predicted octanol–water partition coefficient (Wildman–Crippen LogP) is 2.15. The molecule has 0 amide bonds. The third-order valence-electron chi connectivity index (χ3n) is 3.27. The molecule has 4 nitrogen and oxygen atoms in total. The summed E-state index contributed by atoms with van der Waals surface area (Å²) in [5.41, 5.74) is 7.36. The van der Waals surface area contributed by atoms with Crippen molar-refractivity contribution >= 4 is 0 Å². The molecule has 0 saturated heterocycles. The van der Waals surface area contributed by atoms with Gasteiger partial charge in [-0.3, -0.25) is 0 Å². The molecule has 1 atom stereocenters. The van der Waals surface area contributed by atoms with Gasteiger partial charge in [-0.2, -0.15) is 0 Å². The highest BCUT2D eigenvalue weighted by Gasteiger charge is 2.17. The fourth-order valence-corrected chi connectivity index (χ4v) is 2.22. The summed E-state index contributed by atoms with van der Waals surface area (Å²) in [7, 11) is 0. The molecule has 100 valence electrons. The van der Waals surface area contributed by atoms with Gasteiger partial charge in [-0.1, -0.05) is 19.9 Å². The molecule has 0 spiro atoms. The van der Waals surface area contributed by atoms with Crippen molar-refractivity contribution in [3.05, 3.63) is 23.8 Å². The van der Waals surface area contributed by atoms with Gasteiger partial charge < -0.3 is 20.1 Å². The Balaban J connectivity index is 2.02. The number of benzene rings is 1. The van der Waals surface area contributed by atoms with Gasteiger partial charge in [0.2, 0.25) is 6.79 Å². The van der Waals surface area contributed by atoms with Crippen molar-refractivity contribution in [3.63, 3.8) is 0 Å². The Bertz CT molecular complexity index is 395. The van der Waals surface area contributed by atoms with Crippen molar-refractivity contribution in [1.29, 1.82) is 0 Å². The zero-order valence-corrected chi connectivity index (χ0v) is 11.2. The van der Waals surface area contributed by atoms with Crippen molar-refractivity contribution in [3.8, 4) is 11.5 Å². The first-order chi connectivity index (χ1) is 8.74. The van der Waals surface area contributed by atoms with E-state index in [1.807, 2.05) is 18.2 Å². The summed E-state index contributed by atoms with van der Waals surface area (Å²) in [6.07, 6.45) is 1.15. The molecular formula is C14H22N2O2. The minimum atomic E-state index is 0.0194. The minimum Gasteiger partial charge on any atom is -0.454 e. The first-order valence-corrected chi connectivity index (χ1v) is 6.62. The summed E-state index contributed by atoms with van der Waals surface area (Å²) in [5.74, 6) is 1.62. The topological polar surface area (TPSA) is 47.7 Å². The van der Waals surface area contributed by atoms with Gasteiger partial charge in [0.25, 0.3) is 0 Å². The van der Waals surface area contributed by atoms with Crippen molar-refractivity contribution in [2.45, 2.75) is 26.3 Å². The zero-order chi connectivity index (χ0) is 13.0. The highest BCUT2D eigenvalue weighted by Crippen LogP contribution is 2.33. The molecule has 0 aliphatic carbocycles. The lowest BCUT2D eigenvalue weighted by Crippen LogP contribution is -2.32. The second-order valence-corrected chi connectivity index (χ2v) is 4.61. The molecule has 18 heavy (non-hydrogen) atoms. The summed E-state index contributed by atoms with van der Waals surface area (Å²) >= 11 is 0. The van der Waals surface area contributed by atoms with Gasteiger partial charge in [0.15, 0.2) is 11.5 Å². The maximum absolute atomic E-state index is 6.26. The zero-order valence-electron chi connectivity index (χ0n) is 11.2. The summed E-state index contributed by atoms with van der Waals surface area (Å²) in [4.78, 5) is 2.37. The number of fused-ring (bicyclic) bond motifs is 1. The first kappa shape index (κ1) is 13.2. The van der Waals surface area contributed by atoms with Gasteiger partial charge in [0.1, 0.15) is 0 Å². The highest BCUT2D eigenvalue weighted by atomic mass is 16.7. The molecule has 1 heterocycles. The van der Waals surface area contributed by atoms with Crippen molar-refractivity contribution in [2.75, 3.05) is 26.4 Å².